The number of hydrogen-bond acceptors (Lipinski definition) is 7. The molecule has 0 aliphatic carbocycles. The molecule has 26 heavy (non-hydrogen) atoms. The molecule has 9 nitrogen and oxygen atoms in total. The zero-order valence-electron chi connectivity index (χ0n) is 13.6. The minimum Gasteiger partial charge on any atom is -0.378 e. The van der Waals surface area contributed by atoms with Crippen LogP contribution in [0, 0.1) is 10.1 Å². The zero-order valence-corrected chi connectivity index (χ0v) is 15.2. The number of benzene rings is 1. The monoisotopic (exact) mass is 398 g/mol. The summed E-state index contributed by atoms with van der Waals surface area (Å²) in [5.74, 6) is -0.363. The third-order valence-corrected chi connectivity index (χ3v) is 4.64. The standard InChI is InChI=1S/C15H15ClN4O5S/c1-26(24,25)11-3-4-12(13(8-11)20(22)23)17-6-7-18-15(21)10-2-5-14(16)19-9-10/h2-5,8-9,17H,6-7H2,1H3,(H,18,21). The number of nitrogens with one attached hydrogen (secondary N) is 2. The van der Waals surface area contributed by atoms with E-state index in [4.69, 9.17) is 11.6 Å². The van der Waals surface area contributed by atoms with Crippen molar-refractivity contribution in [2.75, 3.05) is 24.7 Å². The van der Waals surface area contributed by atoms with E-state index in [1.165, 1.54) is 30.5 Å². The highest BCUT2D eigenvalue weighted by atomic mass is 35.5. The quantitative estimate of drug-likeness (QED) is 0.315. The van der Waals surface area contributed by atoms with Crippen molar-refractivity contribution >= 4 is 38.7 Å². The van der Waals surface area contributed by atoms with Gasteiger partial charge in [0.15, 0.2) is 9.84 Å². The molecule has 2 rings (SSSR count). The van der Waals surface area contributed by atoms with Crippen molar-refractivity contribution in [2.45, 2.75) is 4.90 Å². The summed E-state index contributed by atoms with van der Waals surface area (Å²) in [6.45, 7) is 0.387. The molecule has 0 radical (unpaired) electrons. The largest absolute Gasteiger partial charge is 0.378 e. The SMILES string of the molecule is CS(=O)(=O)c1ccc(NCCNC(=O)c2ccc(Cl)nc2)c([N+](=O)[O-])c1. The molecule has 1 aromatic heterocycles. The summed E-state index contributed by atoms with van der Waals surface area (Å²) >= 11 is 5.65. The first kappa shape index (κ1) is 19.6. The Morgan fingerprint density at radius 1 is 1.27 bits per heavy atom. The van der Waals surface area contributed by atoms with E-state index >= 15 is 0 Å². The third kappa shape index (κ3) is 5.14. The van der Waals surface area contributed by atoms with Gasteiger partial charge in [-0.15, -0.1) is 0 Å². The van der Waals surface area contributed by atoms with Crippen LogP contribution >= 0.6 is 11.6 Å². The van der Waals surface area contributed by atoms with Crippen molar-refractivity contribution in [1.82, 2.24) is 10.3 Å². The van der Waals surface area contributed by atoms with Crippen LogP contribution in [0.3, 0.4) is 0 Å². The number of carbonyl (C=O) groups excluding carboxylic acids is 1. The van der Waals surface area contributed by atoms with Gasteiger partial charge in [-0.1, -0.05) is 11.6 Å². The van der Waals surface area contributed by atoms with Gasteiger partial charge in [-0.05, 0) is 24.3 Å². The Kier molecular flexibility index (Phi) is 6.11. The highest BCUT2D eigenvalue weighted by Crippen LogP contribution is 2.27. The molecule has 0 saturated heterocycles. The van der Waals surface area contributed by atoms with Gasteiger partial charge in [-0.3, -0.25) is 14.9 Å². The molecule has 0 bridgehead atoms. The fourth-order valence-corrected chi connectivity index (χ4v) is 2.78. The topological polar surface area (TPSA) is 131 Å². The van der Waals surface area contributed by atoms with Crippen LogP contribution < -0.4 is 10.6 Å². The predicted molar refractivity (Wildman–Crippen MR) is 96.3 cm³/mol. The number of nitro groups is 1. The van der Waals surface area contributed by atoms with Crippen molar-refractivity contribution in [2.24, 2.45) is 0 Å². The normalized spacial score (nSPS) is 11.0. The lowest BCUT2D eigenvalue weighted by Crippen LogP contribution is -2.28. The van der Waals surface area contributed by atoms with E-state index in [1.807, 2.05) is 0 Å². The maximum absolute atomic E-state index is 11.9. The second-order valence-electron chi connectivity index (χ2n) is 5.26. The van der Waals surface area contributed by atoms with E-state index in [2.05, 4.69) is 15.6 Å². The lowest BCUT2D eigenvalue weighted by Gasteiger charge is -2.09. The number of nitrogens with zero attached hydrogens (tertiary/aromatic N) is 2. The van der Waals surface area contributed by atoms with Gasteiger partial charge in [0.1, 0.15) is 10.8 Å². The molecule has 0 saturated carbocycles. The number of rotatable bonds is 7. The van der Waals surface area contributed by atoms with Crippen LogP contribution in [0.5, 0.6) is 0 Å². The molecule has 0 fully saturated rings. The number of sulfone groups is 1. The number of pyridine rings is 1. The van der Waals surface area contributed by atoms with Crippen LogP contribution in [0.1, 0.15) is 10.4 Å². The average Bonchev–Trinajstić information content (AvgIpc) is 2.58. The predicted octanol–water partition coefficient (Wildman–Crippen LogP) is 1.89. The first-order valence-electron chi connectivity index (χ1n) is 7.30. The molecule has 1 heterocycles. The smallest absolute Gasteiger partial charge is 0.293 e. The van der Waals surface area contributed by atoms with Crippen LogP contribution in [-0.4, -0.2) is 43.6 Å². The number of aromatic nitrogens is 1. The van der Waals surface area contributed by atoms with Crippen LogP contribution in [0.2, 0.25) is 5.15 Å². The Morgan fingerprint density at radius 2 is 2.00 bits per heavy atom. The summed E-state index contributed by atoms with van der Waals surface area (Å²) < 4.78 is 23.0. The molecule has 0 unspecified atom stereocenters. The molecule has 138 valence electrons. The Labute approximate surface area is 154 Å². The number of amides is 1. The summed E-state index contributed by atoms with van der Waals surface area (Å²) in [5.41, 5.74) is 0.129. The van der Waals surface area contributed by atoms with Crippen molar-refractivity contribution in [1.29, 1.82) is 0 Å². The Bertz CT molecular complexity index is 932. The zero-order chi connectivity index (χ0) is 19.3. The minimum atomic E-state index is -3.55. The number of carbonyl (C=O) groups is 1. The molecule has 0 aliphatic rings. The number of halogens is 1. The first-order chi connectivity index (χ1) is 12.2. The summed E-state index contributed by atoms with van der Waals surface area (Å²) in [6, 6.07) is 6.60. The van der Waals surface area contributed by atoms with Gasteiger partial charge in [0.2, 0.25) is 0 Å². The molecule has 2 aromatic rings. The fraction of sp³-hybridized carbons (Fsp3) is 0.200. The van der Waals surface area contributed by atoms with Crippen LogP contribution in [-0.2, 0) is 9.84 Å². The van der Waals surface area contributed by atoms with Crippen molar-refractivity contribution < 1.29 is 18.1 Å². The molecule has 1 aromatic carbocycles. The van der Waals surface area contributed by atoms with E-state index < -0.39 is 14.8 Å². The second kappa shape index (κ2) is 8.11. The second-order valence-corrected chi connectivity index (χ2v) is 7.66. The Balaban J connectivity index is 1.98. The molecule has 0 spiro atoms. The number of nitro benzene ring substituents is 1. The van der Waals surface area contributed by atoms with E-state index in [-0.39, 0.29) is 40.4 Å². The third-order valence-electron chi connectivity index (χ3n) is 3.31. The van der Waals surface area contributed by atoms with Crippen LogP contribution in [0.25, 0.3) is 0 Å². The van der Waals surface area contributed by atoms with Gasteiger partial charge < -0.3 is 10.6 Å². The average molecular weight is 399 g/mol. The molecular weight excluding hydrogens is 384 g/mol. The molecule has 1 amide bonds. The Hall–Kier alpha value is -2.72. The molecule has 11 heteroatoms. The van der Waals surface area contributed by atoms with Gasteiger partial charge in [0, 0.05) is 31.6 Å². The van der Waals surface area contributed by atoms with E-state index in [0.29, 0.717) is 5.56 Å². The lowest BCUT2D eigenvalue weighted by atomic mass is 10.2. The first-order valence-corrected chi connectivity index (χ1v) is 9.57. The highest BCUT2D eigenvalue weighted by molar-refractivity contribution is 7.90. The highest BCUT2D eigenvalue weighted by Gasteiger charge is 2.18. The summed E-state index contributed by atoms with van der Waals surface area (Å²) in [5, 5.41) is 16.8. The van der Waals surface area contributed by atoms with Gasteiger partial charge in [0.05, 0.1) is 15.4 Å². The summed E-state index contributed by atoms with van der Waals surface area (Å²) in [4.78, 5) is 26.0. The van der Waals surface area contributed by atoms with Crippen molar-refractivity contribution in [3.8, 4) is 0 Å². The van der Waals surface area contributed by atoms with Gasteiger partial charge >= 0.3 is 0 Å². The lowest BCUT2D eigenvalue weighted by molar-refractivity contribution is -0.384. The van der Waals surface area contributed by atoms with Gasteiger partial charge in [-0.25, -0.2) is 13.4 Å². The van der Waals surface area contributed by atoms with Crippen molar-refractivity contribution in [3.63, 3.8) is 0 Å². The summed E-state index contributed by atoms with van der Waals surface area (Å²) in [6.07, 6.45) is 2.31. The van der Waals surface area contributed by atoms with E-state index in [0.717, 1.165) is 12.3 Å². The van der Waals surface area contributed by atoms with E-state index in [1.54, 1.807) is 0 Å². The molecule has 0 atom stereocenters. The fourth-order valence-electron chi connectivity index (χ4n) is 2.03. The van der Waals surface area contributed by atoms with Crippen LogP contribution in [0.15, 0.2) is 41.4 Å². The van der Waals surface area contributed by atoms with Gasteiger partial charge in [0.25, 0.3) is 11.6 Å². The molecule has 0 aliphatic heterocycles. The van der Waals surface area contributed by atoms with Crippen LogP contribution in [0.4, 0.5) is 11.4 Å². The number of hydrogen-bond donors (Lipinski definition) is 2. The number of anilines is 1. The maximum atomic E-state index is 11.9. The van der Waals surface area contributed by atoms with Gasteiger partial charge in [-0.2, -0.15) is 0 Å². The van der Waals surface area contributed by atoms with Crippen molar-refractivity contribution in [3.05, 3.63) is 57.4 Å². The van der Waals surface area contributed by atoms with E-state index in [9.17, 15) is 23.3 Å². The summed E-state index contributed by atoms with van der Waals surface area (Å²) in [7, 11) is -3.55. The maximum Gasteiger partial charge on any atom is 0.293 e. The molecular formula is C15H15ClN4O5S. The Morgan fingerprint density at radius 3 is 2.58 bits per heavy atom. The molecule has 2 N–H and O–H groups in total. The minimum absolute atomic E-state index is 0.140.